The Morgan fingerprint density at radius 3 is 2.83 bits per heavy atom. The zero-order chi connectivity index (χ0) is 13.0. The Morgan fingerprint density at radius 1 is 1.28 bits per heavy atom. The summed E-state index contributed by atoms with van der Waals surface area (Å²) in [4.78, 5) is 4.25. The molecule has 1 aromatic heterocycles. The van der Waals surface area contributed by atoms with Gasteiger partial charge in [0, 0.05) is 13.3 Å². The lowest BCUT2D eigenvalue weighted by atomic mass is 10.2. The van der Waals surface area contributed by atoms with Crippen molar-refractivity contribution in [1.82, 2.24) is 4.98 Å². The van der Waals surface area contributed by atoms with E-state index in [9.17, 15) is 0 Å². The van der Waals surface area contributed by atoms with E-state index in [4.69, 9.17) is 9.47 Å². The van der Waals surface area contributed by atoms with Gasteiger partial charge in [-0.3, -0.25) is 0 Å². The number of nitrogens with zero attached hydrogens (tertiary/aromatic N) is 1. The lowest BCUT2D eigenvalue weighted by Gasteiger charge is -2.08. The third-order valence-electron chi connectivity index (χ3n) is 2.37. The van der Waals surface area contributed by atoms with Crippen LogP contribution in [0.4, 0.5) is 0 Å². The van der Waals surface area contributed by atoms with Crippen molar-refractivity contribution < 1.29 is 9.47 Å². The Bertz CT molecular complexity index is 543. The van der Waals surface area contributed by atoms with Crippen molar-refractivity contribution >= 4 is 15.9 Å². The Labute approximate surface area is 115 Å². The molecular weight excluding hydrogens is 294 g/mol. The van der Waals surface area contributed by atoms with E-state index >= 15 is 0 Å². The summed E-state index contributed by atoms with van der Waals surface area (Å²) in [5, 5.41) is 0. The fourth-order valence-electron chi connectivity index (χ4n) is 1.57. The lowest BCUT2D eigenvalue weighted by Crippen LogP contribution is -1.92. The minimum atomic E-state index is 0.565. The lowest BCUT2D eigenvalue weighted by molar-refractivity contribution is 0.184. The van der Waals surface area contributed by atoms with Crippen LogP contribution in [0, 0.1) is 6.92 Å². The number of hydrogen-bond acceptors (Lipinski definition) is 3. The van der Waals surface area contributed by atoms with Crippen LogP contribution in [0.25, 0.3) is 0 Å². The topological polar surface area (TPSA) is 31.4 Å². The number of ether oxygens (including phenoxy) is 2. The van der Waals surface area contributed by atoms with Gasteiger partial charge in [0.25, 0.3) is 0 Å². The van der Waals surface area contributed by atoms with Crippen LogP contribution >= 0.6 is 15.9 Å². The quantitative estimate of drug-likeness (QED) is 0.852. The summed E-state index contributed by atoms with van der Waals surface area (Å²) < 4.78 is 11.7. The summed E-state index contributed by atoms with van der Waals surface area (Å²) in [7, 11) is 1.67. The van der Waals surface area contributed by atoms with E-state index in [1.807, 2.05) is 37.3 Å². The molecule has 0 bridgehead atoms. The highest BCUT2D eigenvalue weighted by molar-refractivity contribution is 9.10. The molecule has 3 nitrogen and oxygen atoms in total. The maximum absolute atomic E-state index is 5.74. The normalized spacial score (nSPS) is 10.4. The molecule has 0 amide bonds. The van der Waals surface area contributed by atoms with Crippen LogP contribution in [0.15, 0.2) is 41.0 Å². The zero-order valence-electron chi connectivity index (χ0n) is 10.3. The number of methoxy groups -OCH3 is 1. The Balaban J connectivity index is 2.20. The number of halogens is 1. The molecule has 18 heavy (non-hydrogen) atoms. The summed E-state index contributed by atoms with van der Waals surface area (Å²) >= 11 is 3.44. The molecule has 4 heteroatoms. The van der Waals surface area contributed by atoms with Crippen molar-refractivity contribution in [2.45, 2.75) is 13.5 Å². The minimum Gasteiger partial charge on any atom is -0.438 e. The number of aryl methyl sites for hydroxylation is 1. The van der Waals surface area contributed by atoms with E-state index < -0.39 is 0 Å². The predicted molar refractivity (Wildman–Crippen MR) is 73.9 cm³/mol. The second-order valence-electron chi connectivity index (χ2n) is 3.98. The van der Waals surface area contributed by atoms with Gasteiger partial charge < -0.3 is 9.47 Å². The van der Waals surface area contributed by atoms with E-state index in [0.717, 1.165) is 21.3 Å². The standard InChI is InChI=1S/C14H14BrNO2/c1-10-6-13(15)14(16-8-10)18-12-5-3-4-11(7-12)9-17-2/h3-8H,9H2,1-2H3. The largest absolute Gasteiger partial charge is 0.438 e. The number of hydrogen-bond donors (Lipinski definition) is 0. The van der Waals surface area contributed by atoms with Crippen LogP contribution in [0.5, 0.6) is 11.6 Å². The molecule has 0 N–H and O–H groups in total. The van der Waals surface area contributed by atoms with Crippen LogP contribution in [-0.4, -0.2) is 12.1 Å². The van der Waals surface area contributed by atoms with Crippen molar-refractivity contribution in [1.29, 1.82) is 0 Å². The van der Waals surface area contributed by atoms with Crippen molar-refractivity contribution in [3.05, 3.63) is 52.1 Å². The van der Waals surface area contributed by atoms with Crippen LogP contribution in [0.1, 0.15) is 11.1 Å². The third-order valence-corrected chi connectivity index (χ3v) is 2.94. The molecular formula is C14H14BrNO2. The van der Waals surface area contributed by atoms with Gasteiger partial charge in [-0.2, -0.15) is 0 Å². The van der Waals surface area contributed by atoms with Gasteiger partial charge in [0.05, 0.1) is 11.1 Å². The summed E-state index contributed by atoms with van der Waals surface area (Å²) in [6.45, 7) is 2.56. The maximum Gasteiger partial charge on any atom is 0.233 e. The molecule has 0 radical (unpaired) electrons. The van der Waals surface area contributed by atoms with Crippen LogP contribution in [0.3, 0.4) is 0 Å². The van der Waals surface area contributed by atoms with E-state index in [1.165, 1.54) is 0 Å². The number of benzene rings is 1. The van der Waals surface area contributed by atoms with Gasteiger partial charge >= 0.3 is 0 Å². The molecule has 0 saturated heterocycles. The minimum absolute atomic E-state index is 0.565. The number of aromatic nitrogens is 1. The van der Waals surface area contributed by atoms with Crippen molar-refractivity contribution in [2.75, 3.05) is 7.11 Å². The Kier molecular flexibility index (Phi) is 4.33. The molecule has 0 saturated carbocycles. The average Bonchev–Trinajstić information content (AvgIpc) is 2.34. The third kappa shape index (κ3) is 3.31. The monoisotopic (exact) mass is 307 g/mol. The summed E-state index contributed by atoms with van der Waals surface area (Å²) in [6, 6.07) is 9.74. The summed E-state index contributed by atoms with van der Waals surface area (Å²) in [5.74, 6) is 1.32. The molecule has 0 spiro atoms. The van der Waals surface area contributed by atoms with Crippen LogP contribution < -0.4 is 4.74 Å². The molecule has 2 rings (SSSR count). The van der Waals surface area contributed by atoms with Gasteiger partial charge in [-0.1, -0.05) is 12.1 Å². The maximum atomic E-state index is 5.74. The number of rotatable bonds is 4. The zero-order valence-corrected chi connectivity index (χ0v) is 11.9. The van der Waals surface area contributed by atoms with Crippen molar-refractivity contribution in [3.8, 4) is 11.6 Å². The molecule has 0 unspecified atom stereocenters. The van der Waals surface area contributed by atoms with Gasteiger partial charge in [0.15, 0.2) is 0 Å². The Hall–Kier alpha value is -1.39. The van der Waals surface area contributed by atoms with E-state index in [0.29, 0.717) is 12.5 Å². The van der Waals surface area contributed by atoms with E-state index in [-0.39, 0.29) is 0 Å². The molecule has 94 valence electrons. The van der Waals surface area contributed by atoms with Gasteiger partial charge in [-0.25, -0.2) is 4.98 Å². The van der Waals surface area contributed by atoms with Crippen molar-refractivity contribution in [2.24, 2.45) is 0 Å². The summed E-state index contributed by atoms with van der Waals surface area (Å²) in [5.41, 5.74) is 2.15. The fraction of sp³-hybridized carbons (Fsp3) is 0.214. The highest BCUT2D eigenvalue weighted by Crippen LogP contribution is 2.28. The molecule has 0 aliphatic carbocycles. The molecule has 0 aliphatic rings. The molecule has 0 fully saturated rings. The van der Waals surface area contributed by atoms with Gasteiger partial charge in [-0.05, 0) is 52.2 Å². The second-order valence-corrected chi connectivity index (χ2v) is 4.84. The number of pyridine rings is 1. The van der Waals surface area contributed by atoms with Gasteiger partial charge in [-0.15, -0.1) is 0 Å². The molecule has 0 aliphatic heterocycles. The smallest absolute Gasteiger partial charge is 0.233 e. The molecule has 1 heterocycles. The Morgan fingerprint density at radius 2 is 2.11 bits per heavy atom. The fourth-order valence-corrected chi connectivity index (χ4v) is 2.12. The molecule has 1 aromatic carbocycles. The van der Waals surface area contributed by atoms with E-state index in [1.54, 1.807) is 13.3 Å². The van der Waals surface area contributed by atoms with Gasteiger partial charge in [0.1, 0.15) is 5.75 Å². The predicted octanol–water partition coefficient (Wildman–Crippen LogP) is 4.09. The first-order valence-electron chi connectivity index (χ1n) is 5.57. The van der Waals surface area contributed by atoms with Crippen LogP contribution in [-0.2, 0) is 11.3 Å². The first-order valence-corrected chi connectivity index (χ1v) is 6.36. The molecule has 2 aromatic rings. The van der Waals surface area contributed by atoms with Gasteiger partial charge in [0.2, 0.25) is 5.88 Å². The highest BCUT2D eigenvalue weighted by Gasteiger charge is 2.05. The SMILES string of the molecule is COCc1cccc(Oc2ncc(C)cc2Br)c1. The second kappa shape index (κ2) is 5.98. The first-order chi connectivity index (χ1) is 8.69. The average molecular weight is 308 g/mol. The molecule has 0 atom stereocenters. The first kappa shape index (κ1) is 13.1. The van der Waals surface area contributed by atoms with E-state index in [2.05, 4.69) is 20.9 Å². The highest BCUT2D eigenvalue weighted by atomic mass is 79.9. The summed E-state index contributed by atoms with van der Waals surface area (Å²) in [6.07, 6.45) is 1.78. The van der Waals surface area contributed by atoms with Crippen LogP contribution in [0.2, 0.25) is 0 Å². The van der Waals surface area contributed by atoms with Crippen molar-refractivity contribution in [3.63, 3.8) is 0 Å².